The van der Waals surface area contributed by atoms with Crippen LogP contribution in [-0.4, -0.2) is 18.4 Å². The Morgan fingerprint density at radius 1 is 1.24 bits per heavy atom. The van der Waals surface area contributed by atoms with Crippen LogP contribution in [0.15, 0.2) is 24.3 Å². The molecular weight excluding hydrogens is 216 g/mol. The van der Waals surface area contributed by atoms with Crippen molar-refractivity contribution in [3.8, 4) is 11.8 Å². The molecule has 0 heterocycles. The lowest BCUT2D eigenvalue weighted by molar-refractivity contribution is 0.101. The lowest BCUT2D eigenvalue weighted by Gasteiger charge is -2.05. The highest BCUT2D eigenvalue weighted by Crippen LogP contribution is 2.09. The lowest BCUT2D eigenvalue weighted by Crippen LogP contribution is -2.28. The number of hydrogen-bond acceptors (Lipinski definition) is 2. The maximum Gasteiger partial charge on any atom is 0.319 e. The average molecular weight is 230 g/mol. The fourth-order valence-corrected chi connectivity index (χ4v) is 1.18. The number of rotatable bonds is 3. The van der Waals surface area contributed by atoms with Crippen LogP contribution >= 0.6 is 0 Å². The lowest BCUT2D eigenvalue weighted by atomic mass is 10.1. The van der Waals surface area contributed by atoms with Gasteiger partial charge in [-0.1, -0.05) is 5.92 Å². The quantitative estimate of drug-likeness (QED) is 0.616. The van der Waals surface area contributed by atoms with Gasteiger partial charge < -0.3 is 10.6 Å². The summed E-state index contributed by atoms with van der Waals surface area (Å²) in [5.74, 6) is 5.40. The van der Waals surface area contributed by atoms with Crippen LogP contribution in [0.3, 0.4) is 0 Å². The van der Waals surface area contributed by atoms with E-state index >= 15 is 0 Å². The molecule has 1 aromatic carbocycles. The molecule has 0 bridgehead atoms. The molecule has 0 spiro atoms. The van der Waals surface area contributed by atoms with Crippen LogP contribution in [0, 0.1) is 11.8 Å². The highest BCUT2D eigenvalue weighted by atomic mass is 16.2. The molecule has 0 aliphatic heterocycles. The monoisotopic (exact) mass is 230 g/mol. The minimum atomic E-state index is -0.316. The van der Waals surface area contributed by atoms with E-state index in [0.29, 0.717) is 17.8 Å². The Bertz CT molecular complexity index is 466. The summed E-state index contributed by atoms with van der Waals surface area (Å²) < 4.78 is 0. The summed E-state index contributed by atoms with van der Waals surface area (Å²) in [7, 11) is 0. The zero-order valence-corrected chi connectivity index (χ0v) is 9.83. The van der Waals surface area contributed by atoms with Gasteiger partial charge in [-0.05, 0) is 38.1 Å². The fraction of sp³-hybridized carbons (Fsp3) is 0.231. The van der Waals surface area contributed by atoms with E-state index in [9.17, 15) is 9.59 Å². The molecule has 0 fully saturated rings. The number of anilines is 1. The van der Waals surface area contributed by atoms with Gasteiger partial charge in [0.25, 0.3) is 0 Å². The second kappa shape index (κ2) is 6.33. The van der Waals surface area contributed by atoms with Gasteiger partial charge in [-0.25, -0.2) is 4.79 Å². The molecule has 1 aromatic rings. The molecule has 4 heteroatoms. The highest BCUT2D eigenvalue weighted by molar-refractivity contribution is 5.95. The van der Waals surface area contributed by atoms with Crippen molar-refractivity contribution in [3.05, 3.63) is 29.8 Å². The van der Waals surface area contributed by atoms with Gasteiger partial charge in [-0.2, -0.15) is 0 Å². The van der Waals surface area contributed by atoms with Gasteiger partial charge >= 0.3 is 6.03 Å². The van der Waals surface area contributed by atoms with Crippen LogP contribution < -0.4 is 10.6 Å². The number of carbonyl (C=O) groups excluding carboxylic acids is 2. The summed E-state index contributed by atoms with van der Waals surface area (Å²) >= 11 is 0. The Kier molecular flexibility index (Phi) is 4.77. The molecule has 0 atom stereocenters. The molecule has 2 N–H and O–H groups in total. The summed E-state index contributed by atoms with van der Waals surface area (Å²) in [6.07, 6.45) is 0. The van der Waals surface area contributed by atoms with Crippen molar-refractivity contribution < 1.29 is 9.59 Å². The van der Waals surface area contributed by atoms with Crippen molar-refractivity contribution in [1.29, 1.82) is 0 Å². The summed E-state index contributed by atoms with van der Waals surface area (Å²) in [4.78, 5) is 22.4. The summed E-state index contributed by atoms with van der Waals surface area (Å²) in [5, 5.41) is 5.22. The van der Waals surface area contributed by atoms with Crippen LogP contribution in [0.5, 0.6) is 0 Å². The molecule has 0 unspecified atom stereocenters. The molecule has 0 saturated carbocycles. The van der Waals surface area contributed by atoms with Gasteiger partial charge in [-0.15, -0.1) is 5.92 Å². The molecule has 0 radical (unpaired) electrons. The molecule has 0 saturated heterocycles. The molecule has 0 aromatic heterocycles. The van der Waals surface area contributed by atoms with Crippen molar-refractivity contribution in [2.45, 2.75) is 13.8 Å². The van der Waals surface area contributed by atoms with Crippen molar-refractivity contribution in [2.75, 3.05) is 11.9 Å². The fourth-order valence-electron chi connectivity index (χ4n) is 1.18. The topological polar surface area (TPSA) is 58.2 Å². The van der Waals surface area contributed by atoms with Gasteiger partial charge in [-0.3, -0.25) is 4.79 Å². The van der Waals surface area contributed by atoms with Crippen molar-refractivity contribution >= 4 is 17.5 Å². The Hall–Kier alpha value is -2.28. The molecule has 1 rings (SSSR count). The Morgan fingerprint density at radius 3 is 2.41 bits per heavy atom. The standard InChI is InChI=1S/C13H14N2O2/c1-3-4-9-14-13(17)15-12-7-5-11(6-8-12)10(2)16/h5-8H,9H2,1-2H3,(H2,14,15,17). The van der Waals surface area contributed by atoms with Gasteiger partial charge in [0.2, 0.25) is 0 Å². The Labute approximate surface area is 100 Å². The first-order valence-corrected chi connectivity index (χ1v) is 5.19. The van der Waals surface area contributed by atoms with E-state index in [0.717, 1.165) is 0 Å². The summed E-state index contributed by atoms with van der Waals surface area (Å²) in [6.45, 7) is 3.52. The highest BCUT2D eigenvalue weighted by Gasteiger charge is 2.01. The number of hydrogen-bond donors (Lipinski definition) is 2. The van der Waals surface area contributed by atoms with Crippen molar-refractivity contribution in [1.82, 2.24) is 5.32 Å². The van der Waals surface area contributed by atoms with Crippen molar-refractivity contribution in [2.24, 2.45) is 0 Å². The number of ketones is 1. The van der Waals surface area contributed by atoms with Gasteiger partial charge in [0.15, 0.2) is 5.78 Å². The molecule has 4 nitrogen and oxygen atoms in total. The predicted molar refractivity (Wildman–Crippen MR) is 66.9 cm³/mol. The summed E-state index contributed by atoms with van der Waals surface area (Å²) in [5.41, 5.74) is 1.25. The third-order valence-corrected chi connectivity index (χ3v) is 2.06. The van der Waals surface area contributed by atoms with E-state index in [1.807, 2.05) is 0 Å². The number of amides is 2. The molecule has 17 heavy (non-hydrogen) atoms. The van der Waals surface area contributed by atoms with Gasteiger partial charge in [0, 0.05) is 11.3 Å². The Balaban J connectivity index is 2.53. The van der Waals surface area contributed by atoms with E-state index in [1.165, 1.54) is 6.92 Å². The van der Waals surface area contributed by atoms with Gasteiger partial charge in [0.1, 0.15) is 0 Å². The number of nitrogens with one attached hydrogen (secondary N) is 2. The van der Waals surface area contributed by atoms with Crippen LogP contribution in [-0.2, 0) is 0 Å². The van der Waals surface area contributed by atoms with E-state index in [-0.39, 0.29) is 11.8 Å². The summed E-state index contributed by atoms with van der Waals surface area (Å²) in [6, 6.07) is 6.39. The smallest absolute Gasteiger partial charge is 0.319 e. The SMILES string of the molecule is CC#CCNC(=O)Nc1ccc(C(C)=O)cc1. The van der Waals surface area contributed by atoms with E-state index in [1.54, 1.807) is 31.2 Å². The third kappa shape index (κ3) is 4.39. The maximum atomic E-state index is 11.3. The van der Waals surface area contributed by atoms with Crippen LogP contribution in [0.2, 0.25) is 0 Å². The average Bonchev–Trinajstić information content (AvgIpc) is 2.30. The Morgan fingerprint density at radius 2 is 1.88 bits per heavy atom. The van der Waals surface area contributed by atoms with Gasteiger partial charge in [0.05, 0.1) is 6.54 Å². The molecular formula is C13H14N2O2. The van der Waals surface area contributed by atoms with E-state index in [2.05, 4.69) is 22.5 Å². The minimum absolute atomic E-state index is 0.000721. The second-order valence-corrected chi connectivity index (χ2v) is 3.37. The maximum absolute atomic E-state index is 11.3. The molecule has 88 valence electrons. The van der Waals surface area contributed by atoms with E-state index in [4.69, 9.17) is 0 Å². The third-order valence-electron chi connectivity index (χ3n) is 2.06. The first kappa shape index (κ1) is 12.8. The van der Waals surface area contributed by atoms with E-state index < -0.39 is 0 Å². The predicted octanol–water partition coefficient (Wildman–Crippen LogP) is 2.03. The first-order chi connectivity index (χ1) is 8.13. The van der Waals surface area contributed by atoms with Crippen molar-refractivity contribution in [3.63, 3.8) is 0 Å². The second-order valence-electron chi connectivity index (χ2n) is 3.37. The number of benzene rings is 1. The number of carbonyl (C=O) groups is 2. The zero-order valence-electron chi connectivity index (χ0n) is 9.83. The molecule has 0 aliphatic carbocycles. The largest absolute Gasteiger partial charge is 0.327 e. The molecule has 2 amide bonds. The van der Waals surface area contributed by atoms with Crippen LogP contribution in [0.4, 0.5) is 10.5 Å². The minimum Gasteiger partial charge on any atom is -0.327 e. The first-order valence-electron chi connectivity index (χ1n) is 5.19. The zero-order chi connectivity index (χ0) is 12.7. The normalized spacial score (nSPS) is 8.82. The van der Waals surface area contributed by atoms with Crippen LogP contribution in [0.25, 0.3) is 0 Å². The van der Waals surface area contributed by atoms with Crippen LogP contribution in [0.1, 0.15) is 24.2 Å². The molecule has 0 aliphatic rings. The number of Topliss-reactive ketones (excluding diaryl/α,β-unsaturated/α-hetero) is 1. The number of urea groups is 1.